The predicted molar refractivity (Wildman–Crippen MR) is 286 cm³/mol. The first kappa shape index (κ1) is 65.2. The minimum atomic E-state index is -4.64. The van der Waals surface area contributed by atoms with Gasteiger partial charge in [0.1, 0.15) is 19.8 Å². The molecule has 0 aromatic rings. The van der Waals surface area contributed by atoms with E-state index in [0.717, 1.165) is 89.9 Å². The molecule has 0 aromatic carbocycles. The zero-order chi connectivity index (χ0) is 49.9. The third-order valence-corrected chi connectivity index (χ3v) is 12.4. The number of carbonyl (C=O) groups is 2. The van der Waals surface area contributed by atoms with Crippen LogP contribution in [0.15, 0.2) is 85.1 Å². The molecule has 0 rings (SSSR count). The highest BCUT2D eigenvalue weighted by molar-refractivity contribution is 7.45. The normalized spacial score (nSPS) is 14.0. The number of unbranched alkanes of at least 4 members (excludes halogenated alkanes) is 21. The fourth-order valence-corrected chi connectivity index (χ4v) is 7.91. The number of esters is 2. The van der Waals surface area contributed by atoms with E-state index >= 15 is 0 Å². The summed E-state index contributed by atoms with van der Waals surface area (Å²) < 4.78 is 34.1. The van der Waals surface area contributed by atoms with Crippen LogP contribution >= 0.6 is 7.82 Å². The number of allylic oxidation sites excluding steroid dienone is 14. The molecule has 9 nitrogen and oxygen atoms in total. The van der Waals surface area contributed by atoms with Crippen molar-refractivity contribution in [3.8, 4) is 0 Å². The number of hydrogen-bond donors (Lipinski definition) is 0. The number of rotatable bonds is 49. The molecule has 2 unspecified atom stereocenters. The second kappa shape index (κ2) is 49.2. The van der Waals surface area contributed by atoms with E-state index in [1.165, 1.54) is 89.9 Å². The van der Waals surface area contributed by atoms with Crippen molar-refractivity contribution >= 4 is 19.8 Å². The fourth-order valence-electron chi connectivity index (χ4n) is 7.18. The minimum Gasteiger partial charge on any atom is -0.756 e. The number of phosphoric acid groups is 1. The molecule has 0 saturated carbocycles. The Balaban J connectivity index is 4.23. The van der Waals surface area contributed by atoms with Crippen molar-refractivity contribution in [2.45, 2.75) is 225 Å². The average molecular weight is 972 g/mol. The van der Waals surface area contributed by atoms with Crippen LogP contribution in [0.5, 0.6) is 0 Å². The minimum absolute atomic E-state index is 0.0372. The molecule has 0 radical (unpaired) electrons. The second-order valence-corrected chi connectivity index (χ2v) is 20.6. The molecule has 0 spiro atoms. The van der Waals surface area contributed by atoms with Crippen LogP contribution in [-0.4, -0.2) is 70.0 Å². The SMILES string of the molecule is CC/C=C\C/C=C\C/C=C\C/C=C\CCCCCCCCCCCCCCC(=O)OC(COC(=O)CCCCCCCC/C=C\C/C=C\C/C=C\CCCCC)COP(=O)([O-])OCC[N+](C)(C)C. The summed E-state index contributed by atoms with van der Waals surface area (Å²) in [5.41, 5.74) is 0. The van der Waals surface area contributed by atoms with E-state index in [2.05, 4.69) is 98.9 Å². The molecule has 2 atom stereocenters. The molecule has 68 heavy (non-hydrogen) atoms. The highest BCUT2D eigenvalue weighted by Crippen LogP contribution is 2.38. The molecule has 0 aliphatic rings. The topological polar surface area (TPSA) is 111 Å². The van der Waals surface area contributed by atoms with Crippen molar-refractivity contribution < 1.29 is 42.1 Å². The molecule has 0 fully saturated rings. The van der Waals surface area contributed by atoms with Gasteiger partial charge < -0.3 is 27.9 Å². The van der Waals surface area contributed by atoms with Gasteiger partial charge in [0, 0.05) is 12.8 Å². The molecular weight excluding hydrogens is 870 g/mol. The van der Waals surface area contributed by atoms with Crippen LogP contribution in [0, 0.1) is 0 Å². The average Bonchev–Trinajstić information content (AvgIpc) is 3.30. The van der Waals surface area contributed by atoms with E-state index in [1.54, 1.807) is 0 Å². The molecule has 0 amide bonds. The molecule has 0 aromatic heterocycles. The van der Waals surface area contributed by atoms with E-state index < -0.39 is 32.5 Å². The molecule has 0 aliphatic heterocycles. The van der Waals surface area contributed by atoms with Crippen molar-refractivity contribution in [3.05, 3.63) is 85.1 Å². The van der Waals surface area contributed by atoms with Crippen molar-refractivity contribution in [2.75, 3.05) is 47.5 Å². The van der Waals surface area contributed by atoms with Gasteiger partial charge in [0.15, 0.2) is 6.10 Å². The number of carbonyl (C=O) groups excluding carboxylic acids is 2. The Kier molecular flexibility index (Phi) is 47.2. The van der Waals surface area contributed by atoms with Crippen LogP contribution in [0.25, 0.3) is 0 Å². The van der Waals surface area contributed by atoms with Gasteiger partial charge in [0.25, 0.3) is 7.82 Å². The van der Waals surface area contributed by atoms with Gasteiger partial charge in [0.2, 0.25) is 0 Å². The van der Waals surface area contributed by atoms with Crippen molar-refractivity contribution in [2.24, 2.45) is 0 Å². The lowest BCUT2D eigenvalue weighted by atomic mass is 10.0. The Labute approximate surface area is 418 Å². The lowest BCUT2D eigenvalue weighted by Gasteiger charge is -2.28. The maximum absolute atomic E-state index is 12.8. The van der Waals surface area contributed by atoms with Gasteiger partial charge in [-0.2, -0.15) is 0 Å². The first-order valence-corrected chi connectivity index (χ1v) is 28.8. The quantitative estimate of drug-likeness (QED) is 0.0195. The van der Waals surface area contributed by atoms with E-state index in [-0.39, 0.29) is 26.1 Å². The summed E-state index contributed by atoms with van der Waals surface area (Å²) in [6.07, 6.45) is 64.7. The van der Waals surface area contributed by atoms with E-state index in [4.69, 9.17) is 18.5 Å². The van der Waals surface area contributed by atoms with E-state index in [9.17, 15) is 19.0 Å². The Hall–Kier alpha value is -2.81. The number of phosphoric ester groups is 1. The molecule has 0 saturated heterocycles. The van der Waals surface area contributed by atoms with E-state index in [0.29, 0.717) is 23.9 Å². The summed E-state index contributed by atoms with van der Waals surface area (Å²) in [5.74, 6) is -0.852. The van der Waals surface area contributed by atoms with Crippen LogP contribution in [0.4, 0.5) is 0 Å². The zero-order valence-electron chi connectivity index (χ0n) is 44.3. The molecule has 10 heteroatoms. The number of quaternary nitrogens is 1. The van der Waals surface area contributed by atoms with Gasteiger partial charge in [-0.25, -0.2) is 0 Å². The highest BCUT2D eigenvalue weighted by Gasteiger charge is 2.21. The van der Waals surface area contributed by atoms with Crippen LogP contribution in [0.3, 0.4) is 0 Å². The Morgan fingerprint density at radius 2 is 0.838 bits per heavy atom. The zero-order valence-corrected chi connectivity index (χ0v) is 45.2. The summed E-state index contributed by atoms with van der Waals surface area (Å²) in [6, 6.07) is 0. The molecule has 0 bridgehead atoms. The summed E-state index contributed by atoms with van der Waals surface area (Å²) in [4.78, 5) is 37.8. The Morgan fingerprint density at radius 3 is 1.25 bits per heavy atom. The molecular formula is C58H102NO8P. The largest absolute Gasteiger partial charge is 0.756 e. The molecule has 0 aliphatic carbocycles. The van der Waals surface area contributed by atoms with Crippen molar-refractivity contribution in [3.63, 3.8) is 0 Å². The summed E-state index contributed by atoms with van der Waals surface area (Å²) in [5, 5.41) is 0. The molecule has 0 N–H and O–H groups in total. The summed E-state index contributed by atoms with van der Waals surface area (Å²) in [7, 11) is 1.15. The van der Waals surface area contributed by atoms with E-state index in [1.807, 2.05) is 21.1 Å². The van der Waals surface area contributed by atoms with Crippen LogP contribution < -0.4 is 4.89 Å². The third kappa shape index (κ3) is 52.6. The number of hydrogen-bond acceptors (Lipinski definition) is 8. The third-order valence-electron chi connectivity index (χ3n) is 11.4. The monoisotopic (exact) mass is 972 g/mol. The molecule has 392 valence electrons. The number of likely N-dealkylation sites (N-methyl/N-ethyl adjacent to an activating group) is 1. The van der Waals surface area contributed by atoms with Gasteiger partial charge in [0.05, 0.1) is 27.7 Å². The number of ether oxygens (including phenoxy) is 2. The van der Waals surface area contributed by atoms with Gasteiger partial charge in [-0.05, 0) is 89.9 Å². The van der Waals surface area contributed by atoms with Gasteiger partial charge in [-0.3, -0.25) is 14.2 Å². The fraction of sp³-hybridized carbons (Fsp3) is 0.724. The van der Waals surface area contributed by atoms with Crippen molar-refractivity contribution in [1.29, 1.82) is 0 Å². The van der Waals surface area contributed by atoms with Crippen LogP contribution in [-0.2, 0) is 32.7 Å². The standard InChI is InChI=1S/C58H102NO8P/c1-6-8-10-12-14-16-18-20-22-24-26-27-28-29-30-31-33-35-37-39-41-43-45-47-49-51-58(61)67-56(55-66-68(62,63)65-53-52-59(3,4)5)54-64-57(60)50-48-46-44-42-40-38-36-34-32-25-23-21-19-17-15-13-11-9-7-2/h8,10,14-17,20-23,26-27,32,34,56H,6-7,9,11-13,18-19,24-25,28-31,33,35-55H2,1-5H3/b10-8-,16-14-,17-15-,22-20-,23-21-,27-26-,34-32-. The van der Waals surface area contributed by atoms with Gasteiger partial charge >= 0.3 is 11.9 Å². The highest BCUT2D eigenvalue weighted by atomic mass is 31.2. The smallest absolute Gasteiger partial charge is 0.306 e. The molecule has 0 heterocycles. The van der Waals surface area contributed by atoms with Crippen LogP contribution in [0.2, 0.25) is 0 Å². The maximum Gasteiger partial charge on any atom is 0.306 e. The first-order chi connectivity index (χ1) is 33.0. The summed E-state index contributed by atoms with van der Waals surface area (Å²) in [6.45, 7) is 4.08. The van der Waals surface area contributed by atoms with Gasteiger partial charge in [-0.15, -0.1) is 0 Å². The summed E-state index contributed by atoms with van der Waals surface area (Å²) >= 11 is 0. The lowest BCUT2D eigenvalue weighted by molar-refractivity contribution is -0.870. The number of nitrogens with zero attached hydrogens (tertiary/aromatic N) is 1. The lowest BCUT2D eigenvalue weighted by Crippen LogP contribution is -2.37. The maximum atomic E-state index is 12.8. The predicted octanol–water partition coefficient (Wildman–Crippen LogP) is 16.1. The Morgan fingerprint density at radius 1 is 0.471 bits per heavy atom. The second-order valence-electron chi connectivity index (χ2n) is 19.2. The van der Waals surface area contributed by atoms with Crippen LogP contribution in [0.1, 0.15) is 219 Å². The van der Waals surface area contributed by atoms with Crippen molar-refractivity contribution in [1.82, 2.24) is 0 Å². The van der Waals surface area contributed by atoms with Gasteiger partial charge in [-0.1, -0.05) is 202 Å². The Bertz CT molecular complexity index is 1420. The first-order valence-electron chi connectivity index (χ1n) is 27.3.